The number of ether oxygens (including phenoxy) is 2. The normalized spacial score (nSPS) is 12.7. The van der Waals surface area contributed by atoms with Crippen LogP contribution < -0.4 is 14.8 Å². The second kappa shape index (κ2) is 7.22. The number of oxazole rings is 1. The van der Waals surface area contributed by atoms with E-state index in [4.69, 9.17) is 13.9 Å². The third-order valence-corrected chi connectivity index (χ3v) is 5.01. The van der Waals surface area contributed by atoms with E-state index in [-0.39, 0.29) is 5.91 Å². The van der Waals surface area contributed by atoms with Gasteiger partial charge in [-0.3, -0.25) is 4.79 Å². The summed E-state index contributed by atoms with van der Waals surface area (Å²) in [5, 5.41) is 2.90. The van der Waals surface area contributed by atoms with Crippen LogP contribution >= 0.6 is 0 Å². The first kappa shape index (κ1) is 18.2. The van der Waals surface area contributed by atoms with Crippen LogP contribution in [0.4, 0.5) is 5.69 Å². The van der Waals surface area contributed by atoms with Crippen molar-refractivity contribution in [1.82, 2.24) is 4.98 Å². The van der Waals surface area contributed by atoms with E-state index in [9.17, 15) is 4.79 Å². The van der Waals surface area contributed by atoms with Gasteiger partial charge in [-0.05, 0) is 73.5 Å². The number of aromatic nitrogens is 1. The van der Waals surface area contributed by atoms with Gasteiger partial charge < -0.3 is 19.2 Å². The number of fused-ring (bicyclic) bond motifs is 2. The van der Waals surface area contributed by atoms with Crippen LogP contribution in [-0.2, 0) is 0 Å². The van der Waals surface area contributed by atoms with E-state index in [1.165, 1.54) is 0 Å². The monoisotopic (exact) mass is 400 g/mol. The molecule has 0 saturated carbocycles. The average Bonchev–Trinajstić information content (AvgIpc) is 3.18. The predicted octanol–water partition coefficient (Wildman–Crippen LogP) is 5.14. The zero-order valence-corrected chi connectivity index (χ0v) is 16.7. The van der Waals surface area contributed by atoms with Gasteiger partial charge in [-0.15, -0.1) is 0 Å². The van der Waals surface area contributed by atoms with E-state index in [0.29, 0.717) is 41.9 Å². The molecule has 4 aromatic rings. The van der Waals surface area contributed by atoms with Crippen LogP contribution in [-0.4, -0.2) is 24.1 Å². The van der Waals surface area contributed by atoms with Crippen molar-refractivity contribution in [3.05, 3.63) is 71.3 Å². The Balaban J connectivity index is 1.35. The number of benzene rings is 3. The fraction of sp³-hybridized carbons (Fsp3) is 0.167. The van der Waals surface area contributed by atoms with E-state index in [2.05, 4.69) is 16.4 Å². The molecular formula is C24H20N2O4. The fourth-order valence-corrected chi connectivity index (χ4v) is 3.58. The van der Waals surface area contributed by atoms with Crippen molar-refractivity contribution in [2.75, 3.05) is 18.5 Å². The highest BCUT2D eigenvalue weighted by molar-refractivity contribution is 6.04. The highest BCUT2D eigenvalue weighted by Gasteiger charge is 2.15. The number of nitrogens with one attached hydrogen (secondary N) is 1. The van der Waals surface area contributed by atoms with Gasteiger partial charge in [0.05, 0.1) is 0 Å². The molecule has 0 aliphatic carbocycles. The summed E-state index contributed by atoms with van der Waals surface area (Å²) in [6, 6.07) is 16.7. The lowest BCUT2D eigenvalue weighted by Gasteiger charge is -2.18. The Morgan fingerprint density at radius 1 is 0.933 bits per heavy atom. The number of rotatable bonds is 3. The molecule has 1 N–H and O–H groups in total. The molecule has 150 valence electrons. The molecule has 1 aromatic heterocycles. The molecule has 6 nitrogen and oxygen atoms in total. The topological polar surface area (TPSA) is 73.6 Å². The van der Waals surface area contributed by atoms with Crippen molar-refractivity contribution < 1.29 is 18.7 Å². The molecule has 30 heavy (non-hydrogen) atoms. The number of carbonyl (C=O) groups excluding carboxylic acids is 1. The molecule has 0 fully saturated rings. The number of hydrogen-bond donors (Lipinski definition) is 1. The Morgan fingerprint density at radius 3 is 2.50 bits per heavy atom. The first-order valence-corrected chi connectivity index (χ1v) is 9.76. The van der Waals surface area contributed by atoms with Crippen LogP contribution in [0.5, 0.6) is 11.5 Å². The molecule has 0 radical (unpaired) electrons. The van der Waals surface area contributed by atoms with E-state index in [1.54, 1.807) is 18.2 Å². The van der Waals surface area contributed by atoms with Crippen molar-refractivity contribution in [3.63, 3.8) is 0 Å². The van der Waals surface area contributed by atoms with Gasteiger partial charge in [0.25, 0.3) is 5.91 Å². The summed E-state index contributed by atoms with van der Waals surface area (Å²) in [6.45, 7) is 5.05. The summed E-state index contributed by atoms with van der Waals surface area (Å²) >= 11 is 0. The Bertz CT molecular complexity index is 1260. The predicted molar refractivity (Wildman–Crippen MR) is 114 cm³/mol. The quantitative estimate of drug-likeness (QED) is 0.516. The smallest absolute Gasteiger partial charge is 0.255 e. The van der Waals surface area contributed by atoms with Crippen molar-refractivity contribution in [3.8, 4) is 23.0 Å². The Hall–Kier alpha value is -3.80. The molecule has 0 atom stereocenters. The summed E-state index contributed by atoms with van der Waals surface area (Å²) in [7, 11) is 0. The van der Waals surface area contributed by atoms with Gasteiger partial charge in [-0.2, -0.15) is 0 Å². The molecule has 1 aliphatic rings. The van der Waals surface area contributed by atoms with E-state index >= 15 is 0 Å². The number of aryl methyl sites for hydroxylation is 2. The number of nitrogens with zero attached hydrogens (tertiary/aromatic N) is 1. The van der Waals surface area contributed by atoms with Gasteiger partial charge in [0.2, 0.25) is 5.89 Å². The summed E-state index contributed by atoms with van der Waals surface area (Å²) < 4.78 is 17.0. The van der Waals surface area contributed by atoms with Crippen LogP contribution in [0.25, 0.3) is 22.6 Å². The zero-order chi connectivity index (χ0) is 20.7. The summed E-state index contributed by atoms with van der Waals surface area (Å²) in [6.07, 6.45) is 0. The molecule has 0 spiro atoms. The molecule has 2 heterocycles. The Labute approximate surface area is 173 Å². The van der Waals surface area contributed by atoms with Gasteiger partial charge in [0.15, 0.2) is 17.1 Å². The first-order chi connectivity index (χ1) is 14.6. The third kappa shape index (κ3) is 3.37. The summed E-state index contributed by atoms with van der Waals surface area (Å²) in [5.74, 6) is 1.59. The van der Waals surface area contributed by atoms with E-state index < -0.39 is 0 Å². The van der Waals surface area contributed by atoms with E-state index in [0.717, 1.165) is 27.8 Å². The van der Waals surface area contributed by atoms with Crippen molar-refractivity contribution >= 4 is 22.7 Å². The largest absolute Gasteiger partial charge is 0.486 e. The zero-order valence-electron chi connectivity index (χ0n) is 16.7. The number of hydrogen-bond acceptors (Lipinski definition) is 5. The standard InChI is InChI=1S/C24H20N2O4/c1-14-11-15(2)22-19(12-14)26-24(30-22)16-3-6-18(7-4-16)25-23(27)17-5-8-20-21(13-17)29-10-9-28-20/h3-8,11-13H,9-10H2,1-2H3,(H,25,27). The minimum Gasteiger partial charge on any atom is -0.486 e. The maximum atomic E-state index is 12.6. The Kier molecular flexibility index (Phi) is 4.39. The van der Waals surface area contributed by atoms with Crippen LogP contribution in [0, 0.1) is 13.8 Å². The second-order valence-electron chi connectivity index (χ2n) is 7.34. The first-order valence-electron chi connectivity index (χ1n) is 9.76. The lowest BCUT2D eigenvalue weighted by Crippen LogP contribution is -2.17. The van der Waals surface area contributed by atoms with E-state index in [1.807, 2.05) is 44.2 Å². The fourth-order valence-electron chi connectivity index (χ4n) is 3.58. The number of carbonyl (C=O) groups is 1. The van der Waals surface area contributed by atoms with Crippen molar-refractivity contribution in [1.29, 1.82) is 0 Å². The average molecular weight is 400 g/mol. The van der Waals surface area contributed by atoms with Crippen LogP contribution in [0.15, 0.2) is 59.0 Å². The maximum Gasteiger partial charge on any atom is 0.255 e. The minimum absolute atomic E-state index is 0.215. The summed E-state index contributed by atoms with van der Waals surface area (Å²) in [4.78, 5) is 17.2. The molecule has 1 aliphatic heterocycles. The van der Waals surface area contributed by atoms with Gasteiger partial charge in [0.1, 0.15) is 18.7 Å². The highest BCUT2D eigenvalue weighted by atomic mass is 16.6. The van der Waals surface area contributed by atoms with Crippen LogP contribution in [0.2, 0.25) is 0 Å². The van der Waals surface area contributed by atoms with Gasteiger partial charge in [-0.25, -0.2) is 4.98 Å². The van der Waals surface area contributed by atoms with Crippen LogP contribution in [0.1, 0.15) is 21.5 Å². The molecule has 0 unspecified atom stereocenters. The highest BCUT2D eigenvalue weighted by Crippen LogP contribution is 2.31. The number of amides is 1. The molecule has 0 bridgehead atoms. The molecule has 0 saturated heterocycles. The van der Waals surface area contributed by atoms with Crippen molar-refractivity contribution in [2.45, 2.75) is 13.8 Å². The Morgan fingerprint density at radius 2 is 1.70 bits per heavy atom. The molecule has 3 aromatic carbocycles. The van der Waals surface area contributed by atoms with Gasteiger partial charge in [0, 0.05) is 16.8 Å². The molecule has 6 heteroatoms. The second-order valence-corrected chi connectivity index (χ2v) is 7.34. The number of anilines is 1. The van der Waals surface area contributed by atoms with Gasteiger partial charge >= 0.3 is 0 Å². The third-order valence-electron chi connectivity index (χ3n) is 5.01. The van der Waals surface area contributed by atoms with Crippen molar-refractivity contribution in [2.24, 2.45) is 0 Å². The lowest BCUT2D eigenvalue weighted by atomic mass is 10.1. The SMILES string of the molecule is Cc1cc(C)c2oc(-c3ccc(NC(=O)c4ccc5c(c4)OCCO5)cc3)nc2c1. The lowest BCUT2D eigenvalue weighted by molar-refractivity contribution is 0.102. The molecular weight excluding hydrogens is 380 g/mol. The van der Waals surface area contributed by atoms with Crippen LogP contribution in [0.3, 0.4) is 0 Å². The molecule has 5 rings (SSSR count). The minimum atomic E-state index is -0.215. The summed E-state index contributed by atoms with van der Waals surface area (Å²) in [5.41, 5.74) is 5.89. The molecule has 1 amide bonds. The maximum absolute atomic E-state index is 12.6. The van der Waals surface area contributed by atoms with Gasteiger partial charge in [-0.1, -0.05) is 6.07 Å².